The summed E-state index contributed by atoms with van der Waals surface area (Å²) in [6.07, 6.45) is 1.22. The van der Waals surface area contributed by atoms with Gasteiger partial charge in [-0.15, -0.1) is 11.3 Å². The number of likely N-dealkylation sites (N-methyl/N-ethyl adjacent to an activating group) is 1. The van der Waals surface area contributed by atoms with Crippen molar-refractivity contribution in [1.82, 2.24) is 10.2 Å². The minimum absolute atomic E-state index is 0.587. The molecule has 0 fully saturated rings. The molecule has 0 bridgehead atoms. The molecular formula is C13H22BrClN2S. The Kier molecular flexibility index (Phi) is 7.17. The summed E-state index contributed by atoms with van der Waals surface area (Å²) in [5.41, 5.74) is 0. The highest BCUT2D eigenvalue weighted by Crippen LogP contribution is 2.31. The zero-order valence-electron chi connectivity index (χ0n) is 11.5. The quantitative estimate of drug-likeness (QED) is 0.789. The fourth-order valence-corrected chi connectivity index (χ4v) is 3.62. The molecule has 0 radical (unpaired) electrons. The van der Waals surface area contributed by atoms with Gasteiger partial charge in [0.05, 0.1) is 0 Å². The SMILES string of the molecule is CC(C)CC(CNCc1cc(Br)c(Cl)s1)N(C)C. The van der Waals surface area contributed by atoms with E-state index in [1.165, 1.54) is 11.3 Å². The normalized spacial score (nSPS) is 13.6. The average Bonchev–Trinajstić information content (AvgIpc) is 2.56. The lowest BCUT2D eigenvalue weighted by Gasteiger charge is -2.26. The van der Waals surface area contributed by atoms with Crippen LogP contribution in [0.25, 0.3) is 0 Å². The monoisotopic (exact) mass is 352 g/mol. The highest BCUT2D eigenvalue weighted by atomic mass is 79.9. The lowest BCUT2D eigenvalue weighted by Crippen LogP contribution is -2.38. The second kappa shape index (κ2) is 7.85. The van der Waals surface area contributed by atoms with Crippen LogP contribution in [0, 0.1) is 5.92 Å². The van der Waals surface area contributed by atoms with E-state index in [1.807, 2.05) is 0 Å². The first kappa shape index (κ1) is 16.4. The van der Waals surface area contributed by atoms with Gasteiger partial charge in [-0.25, -0.2) is 0 Å². The molecule has 1 rings (SSSR count). The van der Waals surface area contributed by atoms with Crippen molar-refractivity contribution in [3.05, 3.63) is 19.8 Å². The first-order chi connectivity index (χ1) is 8.40. The summed E-state index contributed by atoms with van der Waals surface area (Å²) < 4.78 is 1.83. The summed E-state index contributed by atoms with van der Waals surface area (Å²) >= 11 is 11.1. The van der Waals surface area contributed by atoms with E-state index in [0.717, 1.165) is 27.8 Å². The van der Waals surface area contributed by atoms with Crippen molar-refractivity contribution in [1.29, 1.82) is 0 Å². The lowest BCUT2D eigenvalue weighted by molar-refractivity contribution is 0.247. The Hall–Kier alpha value is 0.390. The standard InChI is InChI=1S/C13H22BrClN2S/c1-9(2)5-10(17(3)4)7-16-8-11-6-12(14)13(15)18-11/h6,9-10,16H,5,7-8H2,1-4H3. The van der Waals surface area contributed by atoms with E-state index in [-0.39, 0.29) is 0 Å². The fraction of sp³-hybridized carbons (Fsp3) is 0.692. The van der Waals surface area contributed by atoms with Crippen molar-refractivity contribution in [3.8, 4) is 0 Å². The van der Waals surface area contributed by atoms with Gasteiger partial charge >= 0.3 is 0 Å². The molecule has 5 heteroatoms. The van der Waals surface area contributed by atoms with Gasteiger partial charge in [-0.1, -0.05) is 25.4 Å². The molecule has 1 aromatic rings. The zero-order chi connectivity index (χ0) is 13.7. The summed E-state index contributed by atoms with van der Waals surface area (Å²) in [7, 11) is 4.29. The van der Waals surface area contributed by atoms with E-state index >= 15 is 0 Å². The maximum atomic E-state index is 6.03. The molecular weight excluding hydrogens is 332 g/mol. The Balaban J connectivity index is 2.38. The van der Waals surface area contributed by atoms with Crippen LogP contribution in [0.4, 0.5) is 0 Å². The van der Waals surface area contributed by atoms with E-state index in [0.29, 0.717) is 6.04 Å². The molecule has 1 heterocycles. The molecule has 0 aliphatic rings. The maximum absolute atomic E-state index is 6.03. The molecule has 0 aliphatic heterocycles. The first-order valence-electron chi connectivity index (χ1n) is 6.21. The molecule has 1 aromatic heterocycles. The number of nitrogens with zero attached hydrogens (tertiary/aromatic N) is 1. The van der Waals surface area contributed by atoms with E-state index in [4.69, 9.17) is 11.6 Å². The van der Waals surface area contributed by atoms with E-state index in [9.17, 15) is 0 Å². The number of hydrogen-bond donors (Lipinski definition) is 1. The van der Waals surface area contributed by atoms with E-state index < -0.39 is 0 Å². The molecule has 0 saturated heterocycles. The minimum atomic E-state index is 0.587. The number of thiophene rings is 1. The second-order valence-corrected chi connectivity index (χ2v) is 7.81. The third-order valence-electron chi connectivity index (χ3n) is 2.85. The summed E-state index contributed by atoms with van der Waals surface area (Å²) in [5.74, 6) is 0.726. The van der Waals surface area contributed by atoms with Gasteiger partial charge in [0.2, 0.25) is 0 Å². The molecule has 2 nitrogen and oxygen atoms in total. The van der Waals surface area contributed by atoms with Gasteiger partial charge < -0.3 is 10.2 Å². The minimum Gasteiger partial charge on any atom is -0.310 e. The highest BCUT2D eigenvalue weighted by Gasteiger charge is 2.13. The summed E-state index contributed by atoms with van der Waals surface area (Å²) in [6.45, 7) is 6.44. The Labute approximate surface area is 128 Å². The van der Waals surface area contributed by atoms with Gasteiger partial charge in [0.15, 0.2) is 0 Å². The van der Waals surface area contributed by atoms with Gasteiger partial charge in [0.25, 0.3) is 0 Å². The molecule has 18 heavy (non-hydrogen) atoms. The summed E-state index contributed by atoms with van der Waals surface area (Å²) in [5, 5.41) is 3.52. The van der Waals surface area contributed by atoms with E-state index in [2.05, 4.69) is 60.2 Å². The Morgan fingerprint density at radius 3 is 2.56 bits per heavy atom. The third-order valence-corrected chi connectivity index (χ3v) is 5.32. The maximum Gasteiger partial charge on any atom is 0.107 e. The van der Waals surface area contributed by atoms with Crippen LogP contribution in [0.1, 0.15) is 25.1 Å². The zero-order valence-corrected chi connectivity index (χ0v) is 14.6. The Morgan fingerprint density at radius 1 is 1.44 bits per heavy atom. The highest BCUT2D eigenvalue weighted by molar-refractivity contribution is 9.10. The molecule has 0 spiro atoms. The van der Waals surface area contributed by atoms with E-state index in [1.54, 1.807) is 11.3 Å². The molecule has 1 atom stereocenters. The second-order valence-electron chi connectivity index (χ2n) is 5.21. The average molecular weight is 354 g/mol. The number of nitrogens with one attached hydrogen (secondary N) is 1. The van der Waals surface area contributed by atoms with Gasteiger partial charge in [0.1, 0.15) is 4.34 Å². The lowest BCUT2D eigenvalue weighted by atomic mass is 10.0. The number of hydrogen-bond acceptors (Lipinski definition) is 3. The van der Waals surface area contributed by atoms with Crippen molar-refractivity contribution >= 4 is 38.9 Å². The fourth-order valence-electron chi connectivity index (χ4n) is 1.86. The van der Waals surface area contributed by atoms with Crippen molar-refractivity contribution in [2.24, 2.45) is 5.92 Å². The van der Waals surface area contributed by atoms with Gasteiger partial charge in [-0.3, -0.25) is 0 Å². The van der Waals surface area contributed by atoms with Crippen LogP contribution >= 0.6 is 38.9 Å². The summed E-state index contributed by atoms with van der Waals surface area (Å²) in [6, 6.07) is 2.68. The topological polar surface area (TPSA) is 15.3 Å². The number of halogens is 2. The van der Waals surface area contributed by atoms with Crippen LogP contribution in [0.3, 0.4) is 0 Å². The van der Waals surface area contributed by atoms with Gasteiger partial charge in [-0.2, -0.15) is 0 Å². The molecule has 0 amide bonds. The summed E-state index contributed by atoms with van der Waals surface area (Å²) in [4.78, 5) is 3.57. The van der Waals surface area contributed by atoms with Crippen LogP contribution in [0.2, 0.25) is 4.34 Å². The predicted octanol–water partition coefficient (Wildman–Crippen LogP) is 4.23. The first-order valence-corrected chi connectivity index (χ1v) is 8.19. The smallest absolute Gasteiger partial charge is 0.107 e. The van der Waals surface area contributed by atoms with Crippen molar-refractivity contribution in [3.63, 3.8) is 0 Å². The van der Waals surface area contributed by atoms with Crippen molar-refractivity contribution in [2.75, 3.05) is 20.6 Å². The van der Waals surface area contributed by atoms with Gasteiger partial charge in [-0.05, 0) is 48.4 Å². The van der Waals surface area contributed by atoms with Gasteiger partial charge in [0, 0.05) is 28.5 Å². The predicted molar refractivity (Wildman–Crippen MR) is 85.7 cm³/mol. The molecule has 0 saturated carbocycles. The Morgan fingerprint density at radius 2 is 2.11 bits per heavy atom. The molecule has 1 unspecified atom stereocenters. The molecule has 0 aliphatic carbocycles. The largest absolute Gasteiger partial charge is 0.310 e. The van der Waals surface area contributed by atoms with Crippen molar-refractivity contribution in [2.45, 2.75) is 32.9 Å². The van der Waals surface area contributed by atoms with Crippen LogP contribution in [0.5, 0.6) is 0 Å². The van der Waals surface area contributed by atoms with Crippen LogP contribution in [-0.4, -0.2) is 31.6 Å². The third kappa shape index (κ3) is 5.57. The number of rotatable bonds is 7. The molecule has 0 aromatic carbocycles. The van der Waals surface area contributed by atoms with Crippen LogP contribution in [-0.2, 0) is 6.54 Å². The molecule has 104 valence electrons. The van der Waals surface area contributed by atoms with Crippen LogP contribution in [0.15, 0.2) is 10.5 Å². The molecule has 1 N–H and O–H groups in total. The Bertz CT molecular complexity index is 346. The van der Waals surface area contributed by atoms with Crippen molar-refractivity contribution < 1.29 is 0 Å². The van der Waals surface area contributed by atoms with Crippen LogP contribution < -0.4 is 5.32 Å².